The van der Waals surface area contributed by atoms with Gasteiger partial charge in [-0.25, -0.2) is 8.42 Å². The molecule has 35 heavy (non-hydrogen) atoms. The standard InChI is InChI=1S/C24H21ClN4O4S2/c1-33-21-13-7-18(8-14-21)23-27-28-24(34-23)26-22(30)17-5-11-20(12-6-17)29(35(2,31)32)15-16-3-9-19(25)10-4-16/h3-14H,15H2,1-2H3,(H,26,28,30). The molecule has 1 aromatic heterocycles. The van der Waals surface area contributed by atoms with Crippen LogP contribution < -0.4 is 14.4 Å². The Kier molecular flexibility index (Phi) is 7.34. The molecule has 11 heteroatoms. The number of halogens is 1. The van der Waals surface area contributed by atoms with Gasteiger partial charge in [0.05, 0.1) is 25.6 Å². The second-order valence-corrected chi connectivity index (χ2v) is 10.9. The van der Waals surface area contributed by atoms with Crippen LogP contribution in [0.15, 0.2) is 72.8 Å². The minimum Gasteiger partial charge on any atom is -0.497 e. The van der Waals surface area contributed by atoms with E-state index in [2.05, 4.69) is 15.5 Å². The average Bonchev–Trinajstić information content (AvgIpc) is 3.31. The molecule has 0 radical (unpaired) electrons. The molecule has 4 aromatic rings. The van der Waals surface area contributed by atoms with E-state index in [4.69, 9.17) is 16.3 Å². The summed E-state index contributed by atoms with van der Waals surface area (Å²) in [7, 11) is -1.96. The summed E-state index contributed by atoms with van der Waals surface area (Å²) in [4.78, 5) is 12.7. The van der Waals surface area contributed by atoms with E-state index in [1.807, 2.05) is 24.3 Å². The zero-order valence-electron chi connectivity index (χ0n) is 18.8. The number of ether oxygens (including phenoxy) is 1. The van der Waals surface area contributed by atoms with Crippen LogP contribution in [-0.2, 0) is 16.6 Å². The van der Waals surface area contributed by atoms with Crippen LogP contribution in [0.3, 0.4) is 0 Å². The molecule has 0 aliphatic carbocycles. The van der Waals surface area contributed by atoms with Gasteiger partial charge in [0.1, 0.15) is 10.8 Å². The van der Waals surface area contributed by atoms with E-state index >= 15 is 0 Å². The average molecular weight is 529 g/mol. The van der Waals surface area contributed by atoms with E-state index in [0.29, 0.717) is 26.4 Å². The number of methoxy groups -OCH3 is 1. The van der Waals surface area contributed by atoms with Gasteiger partial charge in [-0.1, -0.05) is 35.1 Å². The molecule has 180 valence electrons. The lowest BCUT2D eigenvalue weighted by Gasteiger charge is -2.22. The predicted octanol–water partition coefficient (Wildman–Crippen LogP) is 5.09. The van der Waals surface area contributed by atoms with Gasteiger partial charge in [-0.3, -0.25) is 14.4 Å². The Bertz CT molecular complexity index is 1420. The van der Waals surface area contributed by atoms with Crippen LogP contribution in [0, 0.1) is 0 Å². The number of nitrogens with zero attached hydrogens (tertiary/aromatic N) is 3. The van der Waals surface area contributed by atoms with Gasteiger partial charge in [0.2, 0.25) is 15.2 Å². The maximum Gasteiger partial charge on any atom is 0.257 e. The molecule has 0 aliphatic rings. The second-order valence-electron chi connectivity index (χ2n) is 7.54. The maximum atomic E-state index is 12.7. The monoisotopic (exact) mass is 528 g/mol. The number of benzene rings is 3. The first-order valence-corrected chi connectivity index (χ1v) is 13.4. The van der Waals surface area contributed by atoms with E-state index in [9.17, 15) is 13.2 Å². The van der Waals surface area contributed by atoms with E-state index in [1.54, 1.807) is 55.6 Å². The SMILES string of the molecule is COc1ccc(-c2nnc(NC(=O)c3ccc(N(Cc4ccc(Cl)cc4)S(C)(=O)=O)cc3)s2)cc1. The highest BCUT2D eigenvalue weighted by molar-refractivity contribution is 7.92. The quantitative estimate of drug-likeness (QED) is 0.342. The summed E-state index contributed by atoms with van der Waals surface area (Å²) in [6, 6.07) is 20.6. The Balaban J connectivity index is 1.47. The van der Waals surface area contributed by atoms with Crippen LogP contribution in [0.1, 0.15) is 15.9 Å². The van der Waals surface area contributed by atoms with Crippen molar-refractivity contribution in [1.82, 2.24) is 10.2 Å². The first kappa shape index (κ1) is 24.6. The highest BCUT2D eigenvalue weighted by atomic mass is 35.5. The number of sulfonamides is 1. The molecule has 0 fully saturated rings. The van der Waals surface area contributed by atoms with Crippen molar-refractivity contribution in [2.75, 3.05) is 23.0 Å². The van der Waals surface area contributed by atoms with Gasteiger partial charge in [0.25, 0.3) is 5.91 Å². The molecular formula is C24H21ClN4O4S2. The molecule has 1 amide bonds. The lowest BCUT2D eigenvalue weighted by molar-refractivity contribution is 0.102. The highest BCUT2D eigenvalue weighted by Gasteiger charge is 2.19. The van der Waals surface area contributed by atoms with Crippen molar-refractivity contribution in [3.05, 3.63) is 88.9 Å². The summed E-state index contributed by atoms with van der Waals surface area (Å²) in [6.45, 7) is 0.139. The molecule has 0 aliphatic heterocycles. The number of aromatic nitrogens is 2. The van der Waals surface area contributed by atoms with Crippen molar-refractivity contribution in [3.8, 4) is 16.3 Å². The third-order valence-electron chi connectivity index (χ3n) is 5.04. The molecule has 8 nitrogen and oxygen atoms in total. The fourth-order valence-corrected chi connectivity index (χ4v) is 4.99. The van der Waals surface area contributed by atoms with Gasteiger partial charge in [-0.2, -0.15) is 0 Å². The molecule has 0 spiro atoms. The van der Waals surface area contributed by atoms with E-state index in [1.165, 1.54) is 15.6 Å². The smallest absolute Gasteiger partial charge is 0.257 e. The van der Waals surface area contributed by atoms with Crippen molar-refractivity contribution in [2.24, 2.45) is 0 Å². The molecule has 0 saturated carbocycles. The fourth-order valence-electron chi connectivity index (χ4n) is 3.23. The van der Waals surface area contributed by atoms with Crippen molar-refractivity contribution in [1.29, 1.82) is 0 Å². The normalized spacial score (nSPS) is 11.2. The summed E-state index contributed by atoms with van der Waals surface area (Å²) < 4.78 is 31.3. The van der Waals surface area contributed by atoms with Crippen LogP contribution >= 0.6 is 22.9 Å². The molecule has 0 saturated heterocycles. The third kappa shape index (κ3) is 6.16. The molecule has 0 bridgehead atoms. The van der Waals surface area contributed by atoms with Crippen molar-refractivity contribution >= 4 is 49.7 Å². The third-order valence-corrected chi connectivity index (χ3v) is 7.32. The summed E-state index contributed by atoms with van der Waals surface area (Å²) in [5.74, 6) is 0.357. The van der Waals surface area contributed by atoms with Gasteiger partial charge in [0, 0.05) is 16.1 Å². The van der Waals surface area contributed by atoms with Gasteiger partial charge in [-0.05, 0) is 66.2 Å². The molecule has 3 aromatic carbocycles. The number of nitrogens with one attached hydrogen (secondary N) is 1. The lowest BCUT2D eigenvalue weighted by atomic mass is 10.2. The number of carbonyl (C=O) groups excluding carboxylic acids is 1. The summed E-state index contributed by atoms with van der Waals surface area (Å²) in [5.41, 5.74) is 2.44. The molecule has 1 N–H and O–H groups in total. The van der Waals surface area contributed by atoms with Gasteiger partial charge in [0.15, 0.2) is 0 Å². The van der Waals surface area contributed by atoms with Crippen molar-refractivity contribution in [2.45, 2.75) is 6.54 Å². The van der Waals surface area contributed by atoms with Crippen LogP contribution in [0.2, 0.25) is 5.02 Å². The zero-order chi connectivity index (χ0) is 25.0. The van der Waals surface area contributed by atoms with E-state index in [-0.39, 0.29) is 12.5 Å². The predicted molar refractivity (Wildman–Crippen MR) is 139 cm³/mol. The van der Waals surface area contributed by atoms with Gasteiger partial charge in [-0.15, -0.1) is 10.2 Å². The largest absolute Gasteiger partial charge is 0.497 e. The summed E-state index contributed by atoms with van der Waals surface area (Å²) in [6.07, 6.45) is 1.14. The van der Waals surface area contributed by atoms with Gasteiger partial charge < -0.3 is 4.74 Å². The molecule has 0 atom stereocenters. The van der Waals surface area contributed by atoms with E-state index < -0.39 is 10.0 Å². The first-order chi connectivity index (χ1) is 16.7. The number of carbonyl (C=O) groups is 1. The minimum atomic E-state index is -3.56. The molecular weight excluding hydrogens is 508 g/mol. The number of amides is 1. The van der Waals surface area contributed by atoms with Crippen LogP contribution in [0.25, 0.3) is 10.6 Å². The van der Waals surface area contributed by atoms with Gasteiger partial charge >= 0.3 is 0 Å². The van der Waals surface area contributed by atoms with Crippen LogP contribution in [0.4, 0.5) is 10.8 Å². The maximum absolute atomic E-state index is 12.7. The Hall–Kier alpha value is -3.47. The molecule has 1 heterocycles. The second kappa shape index (κ2) is 10.4. The number of hydrogen-bond acceptors (Lipinski definition) is 7. The summed E-state index contributed by atoms with van der Waals surface area (Å²) >= 11 is 7.17. The Morgan fingerprint density at radius 1 is 1.00 bits per heavy atom. The van der Waals surface area contributed by atoms with E-state index in [0.717, 1.165) is 23.1 Å². The molecule has 4 rings (SSSR count). The Labute approximate surface area is 212 Å². The number of rotatable bonds is 8. The summed E-state index contributed by atoms with van der Waals surface area (Å²) in [5, 5.41) is 12.5. The zero-order valence-corrected chi connectivity index (χ0v) is 21.2. The van der Waals surface area contributed by atoms with Crippen molar-refractivity contribution in [3.63, 3.8) is 0 Å². The lowest BCUT2D eigenvalue weighted by Crippen LogP contribution is -2.29. The van der Waals surface area contributed by atoms with Crippen LogP contribution in [0.5, 0.6) is 5.75 Å². The van der Waals surface area contributed by atoms with Crippen molar-refractivity contribution < 1.29 is 17.9 Å². The number of hydrogen-bond donors (Lipinski definition) is 1. The number of anilines is 2. The first-order valence-electron chi connectivity index (χ1n) is 10.3. The molecule has 0 unspecified atom stereocenters. The minimum absolute atomic E-state index is 0.139. The fraction of sp³-hybridized carbons (Fsp3) is 0.125. The highest BCUT2D eigenvalue weighted by Crippen LogP contribution is 2.28. The topological polar surface area (TPSA) is 101 Å². The Morgan fingerprint density at radius 2 is 1.66 bits per heavy atom. The Morgan fingerprint density at radius 3 is 2.26 bits per heavy atom. The van der Waals surface area contributed by atoms with Crippen LogP contribution in [-0.4, -0.2) is 37.9 Å².